The van der Waals surface area contributed by atoms with Crippen molar-refractivity contribution in [1.29, 1.82) is 0 Å². The minimum absolute atomic E-state index is 0.274. The predicted molar refractivity (Wildman–Crippen MR) is 76.2 cm³/mol. The Labute approximate surface area is 122 Å². The van der Waals surface area contributed by atoms with Crippen LogP contribution in [0.2, 0.25) is 5.02 Å². The first-order valence-corrected chi connectivity index (χ1v) is 7.03. The molecule has 0 saturated carbocycles. The molecule has 0 fully saturated rings. The summed E-state index contributed by atoms with van der Waals surface area (Å²) in [5, 5.41) is 7.52. The Morgan fingerprint density at radius 2 is 2.20 bits per heavy atom. The zero-order valence-electron chi connectivity index (χ0n) is 11.5. The maximum Gasteiger partial charge on any atom is 0.228 e. The average molecular weight is 298 g/mol. The highest BCUT2D eigenvalue weighted by Crippen LogP contribution is 2.26. The number of nitrogens with zero attached hydrogens (tertiary/aromatic N) is 2. The molecule has 20 heavy (non-hydrogen) atoms. The molecule has 1 unspecified atom stereocenters. The predicted octanol–water partition coefficient (Wildman–Crippen LogP) is 3.46. The van der Waals surface area contributed by atoms with Gasteiger partial charge in [-0.1, -0.05) is 30.6 Å². The molecule has 4 nitrogen and oxygen atoms in total. The molecule has 1 aromatic heterocycles. The topological polar surface area (TPSA) is 51.0 Å². The van der Waals surface area contributed by atoms with Crippen LogP contribution < -0.4 is 5.32 Å². The largest absolute Gasteiger partial charge is 0.339 e. The van der Waals surface area contributed by atoms with E-state index in [4.69, 9.17) is 16.1 Å². The number of aromatic nitrogens is 2. The van der Waals surface area contributed by atoms with Gasteiger partial charge in [0.2, 0.25) is 11.7 Å². The molecule has 0 aliphatic carbocycles. The summed E-state index contributed by atoms with van der Waals surface area (Å²) < 4.78 is 18.2. The quantitative estimate of drug-likeness (QED) is 0.887. The summed E-state index contributed by atoms with van der Waals surface area (Å²) >= 11 is 5.98. The highest BCUT2D eigenvalue weighted by Gasteiger charge is 2.15. The molecule has 2 aromatic rings. The minimum Gasteiger partial charge on any atom is -0.339 e. The van der Waals surface area contributed by atoms with E-state index in [2.05, 4.69) is 29.3 Å². The van der Waals surface area contributed by atoms with E-state index in [0.717, 1.165) is 13.0 Å². The van der Waals surface area contributed by atoms with Gasteiger partial charge in [-0.05, 0) is 31.2 Å². The number of nitrogens with one attached hydrogen (secondary N) is 1. The molecule has 1 atom stereocenters. The normalized spacial score (nSPS) is 12.6. The van der Waals surface area contributed by atoms with Crippen LogP contribution in [0, 0.1) is 5.82 Å². The standard InChI is InChI=1S/C14H17ClFN3O/c1-3-10(17-4-2)8-13-18-14(19-20-13)11-6-5-9(16)7-12(11)15/h5-7,10,17H,3-4,8H2,1-2H3. The van der Waals surface area contributed by atoms with E-state index in [9.17, 15) is 4.39 Å². The van der Waals surface area contributed by atoms with Crippen molar-refractivity contribution in [2.24, 2.45) is 0 Å². The van der Waals surface area contributed by atoms with Crippen LogP contribution in [0.4, 0.5) is 4.39 Å². The van der Waals surface area contributed by atoms with Crippen molar-refractivity contribution in [2.75, 3.05) is 6.54 Å². The van der Waals surface area contributed by atoms with Gasteiger partial charge in [0.15, 0.2) is 0 Å². The Hall–Kier alpha value is -1.46. The van der Waals surface area contributed by atoms with Crippen molar-refractivity contribution in [3.8, 4) is 11.4 Å². The highest BCUT2D eigenvalue weighted by atomic mass is 35.5. The Morgan fingerprint density at radius 3 is 2.85 bits per heavy atom. The number of hydrogen-bond acceptors (Lipinski definition) is 4. The molecule has 0 aliphatic heterocycles. The highest BCUT2D eigenvalue weighted by molar-refractivity contribution is 6.33. The summed E-state index contributed by atoms with van der Waals surface area (Å²) in [4.78, 5) is 4.32. The molecule has 0 radical (unpaired) electrons. The van der Waals surface area contributed by atoms with Gasteiger partial charge < -0.3 is 9.84 Å². The van der Waals surface area contributed by atoms with E-state index in [0.29, 0.717) is 29.7 Å². The van der Waals surface area contributed by atoms with E-state index in [1.807, 2.05) is 0 Å². The maximum absolute atomic E-state index is 13.0. The Bertz CT molecular complexity index is 573. The van der Waals surface area contributed by atoms with Gasteiger partial charge in [0, 0.05) is 18.0 Å². The molecule has 0 amide bonds. The second-order valence-electron chi connectivity index (χ2n) is 4.50. The van der Waals surface area contributed by atoms with Crippen LogP contribution in [0.25, 0.3) is 11.4 Å². The average Bonchev–Trinajstić information content (AvgIpc) is 2.86. The van der Waals surface area contributed by atoms with E-state index >= 15 is 0 Å². The molecule has 108 valence electrons. The third kappa shape index (κ3) is 3.55. The lowest BCUT2D eigenvalue weighted by Gasteiger charge is -2.12. The lowest BCUT2D eigenvalue weighted by molar-refractivity contribution is 0.355. The van der Waals surface area contributed by atoms with Gasteiger partial charge in [-0.15, -0.1) is 0 Å². The van der Waals surface area contributed by atoms with Gasteiger partial charge in [-0.25, -0.2) is 4.39 Å². The summed E-state index contributed by atoms with van der Waals surface area (Å²) in [6, 6.07) is 4.41. The minimum atomic E-state index is -0.388. The van der Waals surface area contributed by atoms with Crippen molar-refractivity contribution in [2.45, 2.75) is 32.7 Å². The summed E-state index contributed by atoms with van der Waals surface area (Å²) in [6.07, 6.45) is 1.64. The van der Waals surface area contributed by atoms with Crippen LogP contribution in [0.3, 0.4) is 0 Å². The zero-order chi connectivity index (χ0) is 14.5. The number of benzene rings is 1. The number of rotatable bonds is 6. The second kappa shape index (κ2) is 6.81. The molecular weight excluding hydrogens is 281 g/mol. The Balaban J connectivity index is 2.16. The SMILES string of the molecule is CCNC(CC)Cc1nc(-c2ccc(F)cc2Cl)no1. The van der Waals surface area contributed by atoms with Gasteiger partial charge in [-0.2, -0.15) is 4.98 Å². The second-order valence-corrected chi connectivity index (χ2v) is 4.91. The molecule has 0 spiro atoms. The van der Waals surface area contributed by atoms with E-state index < -0.39 is 0 Å². The van der Waals surface area contributed by atoms with Gasteiger partial charge in [0.25, 0.3) is 0 Å². The van der Waals surface area contributed by atoms with Crippen LogP contribution in [-0.2, 0) is 6.42 Å². The van der Waals surface area contributed by atoms with E-state index in [1.54, 1.807) is 6.07 Å². The third-order valence-corrected chi connectivity index (χ3v) is 3.36. The summed E-state index contributed by atoms with van der Waals surface area (Å²) in [5.41, 5.74) is 0.569. The lowest BCUT2D eigenvalue weighted by atomic mass is 10.1. The van der Waals surface area contributed by atoms with Crippen LogP contribution >= 0.6 is 11.6 Å². The maximum atomic E-state index is 13.0. The molecule has 0 bridgehead atoms. The number of likely N-dealkylation sites (N-methyl/N-ethyl adjacent to an activating group) is 1. The fourth-order valence-electron chi connectivity index (χ4n) is 1.98. The first-order valence-electron chi connectivity index (χ1n) is 6.65. The Morgan fingerprint density at radius 1 is 1.40 bits per heavy atom. The van der Waals surface area contributed by atoms with Gasteiger partial charge in [0.05, 0.1) is 5.02 Å². The van der Waals surface area contributed by atoms with Gasteiger partial charge >= 0.3 is 0 Å². The van der Waals surface area contributed by atoms with Gasteiger partial charge in [-0.3, -0.25) is 0 Å². The smallest absolute Gasteiger partial charge is 0.228 e. The first kappa shape index (κ1) is 14.9. The number of hydrogen-bond donors (Lipinski definition) is 1. The van der Waals surface area contributed by atoms with Crippen molar-refractivity contribution in [1.82, 2.24) is 15.5 Å². The van der Waals surface area contributed by atoms with Gasteiger partial charge in [0.1, 0.15) is 5.82 Å². The van der Waals surface area contributed by atoms with Crippen LogP contribution in [0.5, 0.6) is 0 Å². The van der Waals surface area contributed by atoms with Crippen LogP contribution in [0.15, 0.2) is 22.7 Å². The summed E-state index contributed by atoms with van der Waals surface area (Å²) in [5.74, 6) is 0.546. The lowest BCUT2D eigenvalue weighted by Crippen LogP contribution is -2.30. The first-order chi connectivity index (χ1) is 9.63. The molecule has 0 aliphatic rings. The summed E-state index contributed by atoms with van der Waals surface area (Å²) in [7, 11) is 0. The summed E-state index contributed by atoms with van der Waals surface area (Å²) in [6.45, 7) is 5.05. The molecule has 1 aromatic carbocycles. The molecule has 1 N–H and O–H groups in total. The molecule has 1 heterocycles. The molecular formula is C14H17ClFN3O. The third-order valence-electron chi connectivity index (χ3n) is 3.05. The Kier molecular flexibility index (Phi) is 5.09. The fourth-order valence-corrected chi connectivity index (χ4v) is 2.23. The van der Waals surface area contributed by atoms with Crippen molar-refractivity contribution in [3.63, 3.8) is 0 Å². The molecule has 0 saturated heterocycles. The van der Waals surface area contributed by atoms with Crippen molar-refractivity contribution in [3.05, 3.63) is 34.9 Å². The fraction of sp³-hybridized carbons (Fsp3) is 0.429. The molecule has 2 rings (SSSR count). The van der Waals surface area contributed by atoms with E-state index in [-0.39, 0.29) is 10.8 Å². The van der Waals surface area contributed by atoms with Crippen LogP contribution in [0.1, 0.15) is 26.2 Å². The van der Waals surface area contributed by atoms with Crippen molar-refractivity contribution < 1.29 is 8.91 Å². The van der Waals surface area contributed by atoms with Crippen LogP contribution in [-0.4, -0.2) is 22.7 Å². The number of halogens is 2. The monoisotopic (exact) mass is 297 g/mol. The zero-order valence-corrected chi connectivity index (χ0v) is 12.2. The molecule has 6 heteroatoms. The van der Waals surface area contributed by atoms with E-state index in [1.165, 1.54) is 12.1 Å². The van der Waals surface area contributed by atoms with Crippen molar-refractivity contribution >= 4 is 11.6 Å².